The number of aromatic nitrogens is 1. The fraction of sp³-hybridized carbons (Fsp3) is 0.500. The molecule has 0 aliphatic rings. The van der Waals surface area contributed by atoms with Crippen LogP contribution in [0.15, 0.2) is 24.4 Å². The van der Waals surface area contributed by atoms with Gasteiger partial charge in [-0.05, 0) is 12.1 Å². The molecule has 0 aromatic carbocycles. The van der Waals surface area contributed by atoms with Crippen molar-refractivity contribution in [2.24, 2.45) is 0 Å². The second kappa shape index (κ2) is 7.93. The van der Waals surface area contributed by atoms with Crippen LogP contribution in [0.25, 0.3) is 0 Å². The van der Waals surface area contributed by atoms with Crippen LogP contribution in [0.2, 0.25) is 0 Å². The summed E-state index contributed by atoms with van der Waals surface area (Å²) in [4.78, 5) is 14.8. The van der Waals surface area contributed by atoms with Gasteiger partial charge in [0.15, 0.2) is 0 Å². The van der Waals surface area contributed by atoms with Crippen molar-refractivity contribution in [1.29, 1.82) is 0 Å². The van der Waals surface area contributed by atoms with E-state index in [1.807, 2.05) is 0 Å². The SMILES string of the molecule is COCCN(CC(=O)O)S(=O)(=O)CCc1ccccn1. The van der Waals surface area contributed by atoms with Gasteiger partial charge in [-0.3, -0.25) is 9.78 Å². The van der Waals surface area contributed by atoms with Gasteiger partial charge in [0, 0.05) is 32.0 Å². The minimum atomic E-state index is -3.66. The Balaban J connectivity index is 2.69. The third-order valence-corrected chi connectivity index (χ3v) is 4.41. The Bertz CT molecular complexity index is 518. The van der Waals surface area contributed by atoms with Crippen molar-refractivity contribution in [3.8, 4) is 0 Å². The third-order valence-electron chi connectivity index (χ3n) is 2.59. The number of ether oxygens (including phenoxy) is 1. The Morgan fingerprint density at radius 1 is 1.45 bits per heavy atom. The van der Waals surface area contributed by atoms with Crippen LogP contribution in [-0.4, -0.2) is 61.3 Å². The smallest absolute Gasteiger partial charge is 0.318 e. The quantitative estimate of drug-likeness (QED) is 0.689. The summed E-state index contributed by atoms with van der Waals surface area (Å²) in [7, 11) is -2.23. The van der Waals surface area contributed by atoms with Gasteiger partial charge in [0.2, 0.25) is 10.0 Å². The molecule has 0 amide bonds. The molecule has 0 radical (unpaired) electrons. The lowest BCUT2D eigenvalue weighted by Gasteiger charge is -2.19. The van der Waals surface area contributed by atoms with Crippen molar-refractivity contribution in [2.75, 3.05) is 32.6 Å². The van der Waals surface area contributed by atoms with Crippen molar-refractivity contribution < 1.29 is 23.1 Å². The molecule has 0 spiro atoms. The molecule has 0 fully saturated rings. The summed E-state index contributed by atoms with van der Waals surface area (Å²) >= 11 is 0. The lowest BCUT2D eigenvalue weighted by molar-refractivity contribution is -0.137. The minimum Gasteiger partial charge on any atom is -0.480 e. The highest BCUT2D eigenvalue weighted by molar-refractivity contribution is 7.89. The number of pyridine rings is 1. The molecule has 0 unspecified atom stereocenters. The average molecular weight is 302 g/mol. The zero-order valence-corrected chi connectivity index (χ0v) is 12.0. The predicted molar refractivity (Wildman–Crippen MR) is 72.8 cm³/mol. The van der Waals surface area contributed by atoms with E-state index in [0.29, 0.717) is 5.69 Å². The molecule has 7 nitrogen and oxygen atoms in total. The van der Waals surface area contributed by atoms with Crippen LogP contribution >= 0.6 is 0 Å². The second-order valence-electron chi connectivity index (χ2n) is 4.11. The Hall–Kier alpha value is -1.51. The molecule has 0 bridgehead atoms. The third kappa shape index (κ3) is 5.64. The van der Waals surface area contributed by atoms with Crippen molar-refractivity contribution in [1.82, 2.24) is 9.29 Å². The lowest BCUT2D eigenvalue weighted by Crippen LogP contribution is -2.39. The van der Waals surface area contributed by atoms with Gasteiger partial charge >= 0.3 is 5.97 Å². The monoisotopic (exact) mass is 302 g/mol. The molecule has 0 saturated heterocycles. The second-order valence-corrected chi connectivity index (χ2v) is 6.20. The van der Waals surface area contributed by atoms with Crippen LogP contribution < -0.4 is 0 Å². The van der Waals surface area contributed by atoms with Crippen LogP contribution in [0.3, 0.4) is 0 Å². The van der Waals surface area contributed by atoms with Gasteiger partial charge in [-0.15, -0.1) is 0 Å². The average Bonchev–Trinajstić information content (AvgIpc) is 2.42. The molecule has 0 aliphatic heterocycles. The van der Waals surface area contributed by atoms with Gasteiger partial charge in [0.05, 0.1) is 12.4 Å². The number of methoxy groups -OCH3 is 1. The van der Waals surface area contributed by atoms with Gasteiger partial charge in [0.25, 0.3) is 0 Å². The normalized spacial score (nSPS) is 11.7. The fourth-order valence-electron chi connectivity index (χ4n) is 1.57. The molecule has 1 heterocycles. The van der Waals surface area contributed by atoms with Crippen LogP contribution in [0.5, 0.6) is 0 Å². The maximum absolute atomic E-state index is 12.1. The zero-order valence-electron chi connectivity index (χ0n) is 11.2. The van der Waals surface area contributed by atoms with E-state index < -0.39 is 22.5 Å². The molecule has 8 heteroatoms. The van der Waals surface area contributed by atoms with Crippen molar-refractivity contribution in [3.05, 3.63) is 30.1 Å². The lowest BCUT2D eigenvalue weighted by atomic mass is 10.3. The Morgan fingerprint density at radius 2 is 2.20 bits per heavy atom. The van der Waals surface area contributed by atoms with E-state index in [9.17, 15) is 13.2 Å². The largest absolute Gasteiger partial charge is 0.480 e. The maximum Gasteiger partial charge on any atom is 0.318 e. The summed E-state index contributed by atoms with van der Waals surface area (Å²) in [5.74, 6) is -1.37. The highest BCUT2D eigenvalue weighted by atomic mass is 32.2. The molecule has 1 aromatic rings. The molecule has 1 rings (SSSR count). The first-order valence-corrected chi connectivity index (χ1v) is 7.65. The van der Waals surface area contributed by atoms with E-state index in [0.717, 1.165) is 4.31 Å². The number of aliphatic carboxylic acids is 1. The molecule has 20 heavy (non-hydrogen) atoms. The Morgan fingerprint density at radius 3 is 2.75 bits per heavy atom. The maximum atomic E-state index is 12.1. The number of nitrogens with zero attached hydrogens (tertiary/aromatic N) is 2. The predicted octanol–water partition coefficient (Wildman–Crippen LogP) is -0.0131. The van der Waals surface area contributed by atoms with Crippen LogP contribution in [0.4, 0.5) is 0 Å². The van der Waals surface area contributed by atoms with E-state index in [1.165, 1.54) is 7.11 Å². The summed E-state index contributed by atoms with van der Waals surface area (Å²) in [6.45, 7) is -0.392. The van der Waals surface area contributed by atoms with E-state index in [1.54, 1.807) is 24.4 Å². The van der Waals surface area contributed by atoms with Gasteiger partial charge < -0.3 is 9.84 Å². The highest BCUT2D eigenvalue weighted by Crippen LogP contribution is 2.05. The molecule has 0 aliphatic carbocycles. The van der Waals surface area contributed by atoms with Gasteiger partial charge in [-0.2, -0.15) is 4.31 Å². The fourth-order valence-corrected chi connectivity index (χ4v) is 2.95. The molecular formula is C12H18N2O5S. The molecule has 1 aromatic heterocycles. The van der Waals surface area contributed by atoms with Gasteiger partial charge in [0.1, 0.15) is 6.54 Å². The number of carboxylic acids is 1. The number of carbonyl (C=O) groups is 1. The summed E-state index contributed by atoms with van der Waals surface area (Å²) < 4.78 is 30.0. The standard InChI is InChI=1S/C12H18N2O5S/c1-19-8-7-14(10-12(15)16)20(17,18)9-5-11-4-2-3-6-13-11/h2-4,6H,5,7-10H2,1H3,(H,15,16). The first-order valence-electron chi connectivity index (χ1n) is 6.04. The first-order chi connectivity index (χ1) is 9.45. The summed E-state index contributed by atoms with van der Waals surface area (Å²) in [5.41, 5.74) is 0.651. The van der Waals surface area contributed by atoms with Crippen molar-refractivity contribution >= 4 is 16.0 Å². The van der Waals surface area contributed by atoms with E-state index in [-0.39, 0.29) is 25.3 Å². The van der Waals surface area contributed by atoms with Gasteiger partial charge in [-0.25, -0.2) is 8.42 Å². The van der Waals surface area contributed by atoms with Crippen LogP contribution in [0.1, 0.15) is 5.69 Å². The van der Waals surface area contributed by atoms with Crippen LogP contribution in [-0.2, 0) is 26.0 Å². The van der Waals surface area contributed by atoms with Crippen molar-refractivity contribution in [2.45, 2.75) is 6.42 Å². The highest BCUT2D eigenvalue weighted by Gasteiger charge is 2.24. The molecule has 112 valence electrons. The summed E-state index contributed by atoms with van der Waals surface area (Å²) in [5, 5.41) is 8.77. The zero-order chi connectivity index (χ0) is 15.0. The van der Waals surface area contributed by atoms with Crippen molar-refractivity contribution in [3.63, 3.8) is 0 Å². The number of carboxylic acid groups (broad SMARTS) is 1. The van der Waals surface area contributed by atoms with Gasteiger partial charge in [-0.1, -0.05) is 6.07 Å². The number of hydrogen-bond donors (Lipinski definition) is 1. The van der Waals surface area contributed by atoms with E-state index >= 15 is 0 Å². The molecule has 0 saturated carbocycles. The summed E-state index contributed by atoms with van der Waals surface area (Å²) in [6.07, 6.45) is 1.83. The number of hydrogen-bond acceptors (Lipinski definition) is 5. The van der Waals surface area contributed by atoms with Crippen LogP contribution in [0, 0.1) is 0 Å². The van der Waals surface area contributed by atoms with E-state index in [4.69, 9.17) is 9.84 Å². The Labute approximate surface area is 118 Å². The number of rotatable bonds is 9. The Kier molecular flexibility index (Phi) is 6.56. The summed E-state index contributed by atoms with van der Waals surface area (Å²) in [6, 6.07) is 5.24. The minimum absolute atomic E-state index is 0.0212. The number of sulfonamides is 1. The molecule has 0 atom stereocenters. The molecule has 1 N–H and O–H groups in total. The first kappa shape index (κ1) is 16.5. The number of aryl methyl sites for hydroxylation is 1. The molecular weight excluding hydrogens is 284 g/mol. The van der Waals surface area contributed by atoms with E-state index in [2.05, 4.69) is 4.98 Å². The topological polar surface area (TPSA) is 96.8 Å².